The Bertz CT molecular complexity index is 2880. The van der Waals surface area contributed by atoms with Crippen LogP contribution in [0.25, 0.3) is 82.3 Å². The average Bonchev–Trinajstić information content (AvgIpc) is 3.61. The molecular formula is C43H27BN2. The standard InChI is InChI=1S/C43H27BN2/c1-43(2)33-19-11-20-34-41(33)45-40-32(22-25-14-6-7-15-26(25)37(40)43)36-30(24-12-4-3-5-13-24)23-31-29-18-10-17-28-27-16-8-9-21-35(27)46(39(28)29)44(34)38(31)42(36)45/h3-23H,1-2H3. The lowest BCUT2D eigenvalue weighted by molar-refractivity contribution is 0.637. The summed E-state index contributed by atoms with van der Waals surface area (Å²) in [5.74, 6) is 0. The lowest BCUT2D eigenvalue weighted by Crippen LogP contribution is -2.56. The number of rotatable bonds is 1. The van der Waals surface area contributed by atoms with Gasteiger partial charge in [-0.15, -0.1) is 0 Å². The molecule has 0 atom stereocenters. The Balaban J connectivity index is 1.44. The van der Waals surface area contributed by atoms with E-state index in [4.69, 9.17) is 0 Å². The molecule has 5 heterocycles. The SMILES string of the molecule is CC1(C)c2cccc3c2-n2c4c1c1ccccc1cc4c1c(-c4ccccc4)cc4c(c12)B3n1c2ccccc2c2cccc-4c21. The summed E-state index contributed by atoms with van der Waals surface area (Å²) in [5, 5.41) is 8.08. The fraction of sp³-hybridized carbons (Fsp3) is 0.0698. The van der Waals surface area contributed by atoms with Crippen LogP contribution in [-0.4, -0.2) is 15.9 Å². The summed E-state index contributed by atoms with van der Waals surface area (Å²) in [5.41, 5.74) is 17.6. The Kier molecular flexibility index (Phi) is 3.95. The van der Waals surface area contributed by atoms with E-state index in [-0.39, 0.29) is 12.3 Å². The molecule has 2 nitrogen and oxygen atoms in total. The van der Waals surface area contributed by atoms with Gasteiger partial charge in [0.25, 0.3) is 0 Å². The first-order valence-electron chi connectivity index (χ1n) is 16.4. The van der Waals surface area contributed by atoms with Crippen LogP contribution in [0.4, 0.5) is 0 Å². The Morgan fingerprint density at radius 2 is 1.33 bits per heavy atom. The van der Waals surface area contributed by atoms with Crippen LogP contribution in [0.1, 0.15) is 25.0 Å². The van der Waals surface area contributed by atoms with Gasteiger partial charge in [0.2, 0.25) is 0 Å². The quantitative estimate of drug-likeness (QED) is 0.171. The second kappa shape index (κ2) is 7.63. The normalized spacial score (nSPS) is 14.9. The Morgan fingerprint density at radius 3 is 2.22 bits per heavy atom. The molecular weight excluding hydrogens is 555 g/mol. The zero-order valence-corrected chi connectivity index (χ0v) is 25.6. The van der Waals surface area contributed by atoms with Gasteiger partial charge in [0.15, 0.2) is 0 Å². The van der Waals surface area contributed by atoms with Gasteiger partial charge in [0.05, 0.1) is 11.0 Å². The highest BCUT2D eigenvalue weighted by atomic mass is 15.0. The van der Waals surface area contributed by atoms with Gasteiger partial charge >= 0.3 is 6.85 Å². The van der Waals surface area contributed by atoms with Gasteiger partial charge < -0.3 is 9.05 Å². The molecule has 2 aromatic heterocycles. The van der Waals surface area contributed by atoms with Crippen LogP contribution in [0, 0.1) is 0 Å². The molecule has 0 unspecified atom stereocenters. The number of hydrogen-bond donors (Lipinski definition) is 0. The number of aromatic nitrogens is 2. The van der Waals surface area contributed by atoms with E-state index in [0.29, 0.717) is 0 Å². The molecule has 0 aliphatic carbocycles. The molecule has 12 rings (SSSR count). The number of nitrogens with zero attached hydrogens (tertiary/aromatic N) is 2. The van der Waals surface area contributed by atoms with Gasteiger partial charge in [-0.1, -0.05) is 123 Å². The van der Waals surface area contributed by atoms with Gasteiger partial charge in [-0.3, -0.25) is 0 Å². The molecule has 3 aliphatic heterocycles. The van der Waals surface area contributed by atoms with E-state index in [1.54, 1.807) is 0 Å². The smallest absolute Gasteiger partial charge is 0.333 e. The first kappa shape index (κ1) is 23.8. The molecule has 0 saturated carbocycles. The van der Waals surface area contributed by atoms with Crippen LogP contribution in [0.3, 0.4) is 0 Å². The third-order valence-electron chi connectivity index (χ3n) is 11.6. The number of hydrogen-bond acceptors (Lipinski definition) is 0. The summed E-state index contributed by atoms with van der Waals surface area (Å²) in [6.07, 6.45) is 0. The molecule has 0 fully saturated rings. The maximum Gasteiger partial charge on any atom is 0.333 e. The Morgan fingerprint density at radius 1 is 0.565 bits per heavy atom. The van der Waals surface area contributed by atoms with Crippen molar-refractivity contribution in [3.05, 3.63) is 139 Å². The van der Waals surface area contributed by atoms with Crippen molar-refractivity contribution < 1.29 is 0 Å². The van der Waals surface area contributed by atoms with E-state index in [1.165, 1.54) is 104 Å². The van der Waals surface area contributed by atoms with E-state index >= 15 is 0 Å². The predicted octanol–water partition coefficient (Wildman–Crippen LogP) is 9.30. The molecule has 46 heavy (non-hydrogen) atoms. The predicted molar refractivity (Wildman–Crippen MR) is 195 cm³/mol. The van der Waals surface area contributed by atoms with Crippen LogP contribution in [0.15, 0.2) is 127 Å². The lowest BCUT2D eigenvalue weighted by Gasteiger charge is -2.41. The molecule has 7 aromatic carbocycles. The van der Waals surface area contributed by atoms with Crippen molar-refractivity contribution in [1.82, 2.24) is 9.05 Å². The Labute approximate surface area is 266 Å². The molecule has 0 radical (unpaired) electrons. The fourth-order valence-electron chi connectivity index (χ4n) is 9.89. The number of para-hydroxylation sites is 3. The average molecular weight is 583 g/mol. The van der Waals surface area contributed by atoms with Crippen molar-refractivity contribution in [3.8, 4) is 27.9 Å². The van der Waals surface area contributed by atoms with Crippen molar-refractivity contribution in [2.45, 2.75) is 19.3 Å². The van der Waals surface area contributed by atoms with Gasteiger partial charge in [0, 0.05) is 49.2 Å². The van der Waals surface area contributed by atoms with Crippen molar-refractivity contribution in [1.29, 1.82) is 0 Å². The first-order valence-corrected chi connectivity index (χ1v) is 16.4. The summed E-state index contributed by atoms with van der Waals surface area (Å²) in [7, 11) is 0. The Hall–Kier alpha value is -5.54. The van der Waals surface area contributed by atoms with E-state index in [2.05, 4.69) is 150 Å². The lowest BCUT2D eigenvalue weighted by atomic mass is 9.45. The number of fused-ring (bicyclic) bond motifs is 9. The van der Waals surface area contributed by atoms with Gasteiger partial charge in [-0.05, 0) is 67.7 Å². The molecule has 3 heteroatoms. The first-order chi connectivity index (χ1) is 22.6. The molecule has 3 aliphatic rings. The van der Waals surface area contributed by atoms with E-state index in [1.807, 2.05) is 0 Å². The molecule has 0 amide bonds. The van der Waals surface area contributed by atoms with Crippen LogP contribution in [0.5, 0.6) is 0 Å². The third kappa shape index (κ3) is 2.45. The van der Waals surface area contributed by atoms with E-state index < -0.39 is 0 Å². The minimum absolute atomic E-state index is 0.0816. The molecule has 0 saturated heterocycles. The molecule has 0 bridgehead atoms. The largest absolute Gasteiger partial charge is 0.375 e. The summed E-state index contributed by atoms with van der Waals surface area (Å²) >= 11 is 0. The highest BCUT2D eigenvalue weighted by molar-refractivity contribution is 6.90. The van der Waals surface area contributed by atoms with Crippen LogP contribution >= 0.6 is 0 Å². The van der Waals surface area contributed by atoms with Crippen molar-refractivity contribution in [3.63, 3.8) is 0 Å². The second-order valence-corrected chi connectivity index (χ2v) is 14.0. The third-order valence-corrected chi connectivity index (χ3v) is 11.6. The zero-order chi connectivity index (χ0) is 30.1. The number of benzene rings is 7. The van der Waals surface area contributed by atoms with Crippen LogP contribution in [0.2, 0.25) is 0 Å². The highest BCUT2D eigenvalue weighted by Gasteiger charge is 2.47. The van der Waals surface area contributed by atoms with Gasteiger partial charge in [-0.25, -0.2) is 0 Å². The molecule has 0 N–H and O–H groups in total. The summed E-state index contributed by atoms with van der Waals surface area (Å²) in [6.45, 7) is 4.98. The van der Waals surface area contributed by atoms with Crippen molar-refractivity contribution in [2.24, 2.45) is 0 Å². The topological polar surface area (TPSA) is 9.86 Å². The van der Waals surface area contributed by atoms with Crippen molar-refractivity contribution in [2.75, 3.05) is 0 Å². The second-order valence-electron chi connectivity index (χ2n) is 14.0. The minimum atomic E-state index is -0.178. The minimum Gasteiger partial charge on any atom is -0.375 e. The monoisotopic (exact) mass is 582 g/mol. The maximum absolute atomic E-state index is 2.70. The molecule has 212 valence electrons. The van der Waals surface area contributed by atoms with Crippen molar-refractivity contribution >= 4 is 72.2 Å². The van der Waals surface area contributed by atoms with Crippen LogP contribution in [-0.2, 0) is 5.41 Å². The zero-order valence-electron chi connectivity index (χ0n) is 25.6. The fourth-order valence-corrected chi connectivity index (χ4v) is 9.89. The van der Waals surface area contributed by atoms with E-state index in [9.17, 15) is 0 Å². The highest BCUT2D eigenvalue weighted by Crippen LogP contribution is 2.54. The van der Waals surface area contributed by atoms with Gasteiger partial charge in [-0.2, -0.15) is 0 Å². The maximum atomic E-state index is 2.70. The van der Waals surface area contributed by atoms with E-state index in [0.717, 1.165) is 0 Å². The molecule has 0 spiro atoms. The summed E-state index contributed by atoms with van der Waals surface area (Å²) < 4.78 is 5.38. The van der Waals surface area contributed by atoms with Gasteiger partial charge in [0.1, 0.15) is 0 Å². The summed E-state index contributed by atoms with van der Waals surface area (Å²) in [4.78, 5) is 0. The van der Waals surface area contributed by atoms with Crippen LogP contribution < -0.4 is 10.9 Å². The summed E-state index contributed by atoms with van der Waals surface area (Å²) in [6, 6.07) is 48.2. The molecule has 9 aromatic rings.